The Morgan fingerprint density at radius 3 is 2.58 bits per heavy atom. The molecule has 2 rings (SSSR count). The molecule has 5 heteroatoms. The van der Waals surface area contributed by atoms with Crippen molar-refractivity contribution in [1.29, 1.82) is 0 Å². The Morgan fingerprint density at radius 2 is 2.05 bits per heavy atom. The molecule has 3 atom stereocenters. The zero-order chi connectivity index (χ0) is 14.0. The highest BCUT2D eigenvalue weighted by molar-refractivity contribution is 6.31. The maximum absolute atomic E-state index is 14.0. The molecule has 1 fully saturated rings. The van der Waals surface area contributed by atoms with E-state index in [4.69, 9.17) is 22.1 Å². The minimum atomic E-state index is -0.297. The molecule has 2 N–H and O–H groups in total. The zero-order valence-corrected chi connectivity index (χ0v) is 12.0. The summed E-state index contributed by atoms with van der Waals surface area (Å²) in [5, 5.41) is 0.433. The summed E-state index contributed by atoms with van der Waals surface area (Å²) in [6.45, 7) is 5.83. The summed E-state index contributed by atoms with van der Waals surface area (Å²) in [6.07, 6.45) is 0.228. The highest BCUT2D eigenvalue weighted by atomic mass is 35.5. The molecule has 1 aromatic rings. The van der Waals surface area contributed by atoms with Gasteiger partial charge in [-0.25, -0.2) is 4.39 Å². The number of halogens is 2. The average molecular weight is 287 g/mol. The zero-order valence-electron chi connectivity index (χ0n) is 11.3. The number of ether oxygens (including phenoxy) is 1. The Morgan fingerprint density at radius 1 is 1.42 bits per heavy atom. The Balaban J connectivity index is 2.29. The lowest BCUT2D eigenvalue weighted by molar-refractivity contribution is -0.0802. The van der Waals surface area contributed by atoms with Crippen LogP contribution in [0.15, 0.2) is 18.2 Å². The van der Waals surface area contributed by atoms with Crippen LogP contribution in [0.25, 0.3) is 0 Å². The molecule has 3 nitrogen and oxygen atoms in total. The molecule has 1 aliphatic heterocycles. The molecule has 0 radical (unpaired) electrons. The van der Waals surface area contributed by atoms with E-state index in [1.54, 1.807) is 12.1 Å². The van der Waals surface area contributed by atoms with E-state index < -0.39 is 0 Å². The summed E-state index contributed by atoms with van der Waals surface area (Å²) in [6, 6.07) is 4.54. The first-order valence-electron chi connectivity index (χ1n) is 6.56. The van der Waals surface area contributed by atoms with Crippen molar-refractivity contribution in [2.24, 2.45) is 5.73 Å². The van der Waals surface area contributed by atoms with Gasteiger partial charge in [0.15, 0.2) is 0 Å². The van der Waals surface area contributed by atoms with Gasteiger partial charge in [0.2, 0.25) is 0 Å². The minimum absolute atomic E-state index is 0.114. The summed E-state index contributed by atoms with van der Waals surface area (Å²) in [5.74, 6) is -0.297. The fourth-order valence-electron chi connectivity index (χ4n) is 2.75. The molecule has 0 aromatic heterocycles. The van der Waals surface area contributed by atoms with Crippen molar-refractivity contribution in [3.8, 4) is 0 Å². The van der Waals surface area contributed by atoms with Gasteiger partial charge in [0.1, 0.15) is 5.82 Å². The topological polar surface area (TPSA) is 38.5 Å². The van der Waals surface area contributed by atoms with Crippen LogP contribution in [0, 0.1) is 5.82 Å². The smallest absolute Gasteiger partial charge is 0.129 e. The van der Waals surface area contributed by atoms with E-state index in [1.165, 1.54) is 6.07 Å². The number of hydrogen-bond donors (Lipinski definition) is 1. The normalized spacial score (nSPS) is 26.4. The SMILES string of the molecule is CC1CN(C(CN)c2c(F)cccc2Cl)CC(C)O1. The molecular formula is C14H20ClFN2O. The summed E-state index contributed by atoms with van der Waals surface area (Å²) in [4.78, 5) is 2.16. The molecule has 3 unspecified atom stereocenters. The van der Waals surface area contributed by atoms with Gasteiger partial charge in [-0.2, -0.15) is 0 Å². The number of nitrogens with zero attached hydrogens (tertiary/aromatic N) is 1. The van der Waals surface area contributed by atoms with Gasteiger partial charge >= 0.3 is 0 Å². The fraction of sp³-hybridized carbons (Fsp3) is 0.571. The van der Waals surface area contributed by atoms with Gasteiger partial charge in [0.25, 0.3) is 0 Å². The van der Waals surface area contributed by atoms with Gasteiger partial charge in [-0.05, 0) is 26.0 Å². The Bertz CT molecular complexity index is 413. The summed E-state index contributed by atoms with van der Waals surface area (Å²) in [7, 11) is 0. The van der Waals surface area contributed by atoms with E-state index in [9.17, 15) is 4.39 Å². The average Bonchev–Trinajstić information content (AvgIpc) is 2.32. The predicted molar refractivity (Wildman–Crippen MR) is 74.8 cm³/mol. The van der Waals surface area contributed by atoms with Crippen LogP contribution in [0.2, 0.25) is 5.02 Å². The maximum Gasteiger partial charge on any atom is 0.129 e. The quantitative estimate of drug-likeness (QED) is 0.928. The first kappa shape index (κ1) is 14.7. The van der Waals surface area contributed by atoms with Crippen molar-refractivity contribution < 1.29 is 9.13 Å². The Kier molecular flexibility index (Phi) is 4.79. The van der Waals surface area contributed by atoms with Crippen molar-refractivity contribution >= 4 is 11.6 Å². The maximum atomic E-state index is 14.0. The molecule has 1 heterocycles. The van der Waals surface area contributed by atoms with Crippen molar-refractivity contribution in [2.45, 2.75) is 32.1 Å². The summed E-state index contributed by atoms with van der Waals surface area (Å²) in [5.41, 5.74) is 6.35. The third-order valence-corrected chi connectivity index (χ3v) is 3.77. The largest absolute Gasteiger partial charge is 0.373 e. The van der Waals surface area contributed by atoms with E-state index in [1.807, 2.05) is 13.8 Å². The van der Waals surface area contributed by atoms with E-state index in [2.05, 4.69) is 4.90 Å². The number of benzene rings is 1. The van der Waals surface area contributed by atoms with Gasteiger partial charge in [-0.1, -0.05) is 17.7 Å². The molecule has 0 saturated carbocycles. The van der Waals surface area contributed by atoms with Gasteiger partial charge in [0.05, 0.1) is 18.2 Å². The molecule has 0 amide bonds. The number of rotatable bonds is 3. The van der Waals surface area contributed by atoms with Gasteiger partial charge in [0, 0.05) is 30.2 Å². The molecule has 1 saturated heterocycles. The number of nitrogens with two attached hydrogens (primary N) is 1. The minimum Gasteiger partial charge on any atom is -0.373 e. The van der Waals surface area contributed by atoms with Crippen molar-refractivity contribution in [3.05, 3.63) is 34.6 Å². The first-order chi connectivity index (χ1) is 9.02. The van der Waals surface area contributed by atoms with Crippen LogP contribution in [0.3, 0.4) is 0 Å². The molecular weight excluding hydrogens is 267 g/mol. The van der Waals surface area contributed by atoms with Crippen LogP contribution in [0.5, 0.6) is 0 Å². The number of hydrogen-bond acceptors (Lipinski definition) is 3. The van der Waals surface area contributed by atoms with Crippen LogP contribution < -0.4 is 5.73 Å². The van der Waals surface area contributed by atoms with E-state index in [-0.39, 0.29) is 24.1 Å². The summed E-state index contributed by atoms with van der Waals surface area (Å²) >= 11 is 6.14. The molecule has 19 heavy (non-hydrogen) atoms. The van der Waals surface area contributed by atoms with Crippen LogP contribution in [-0.4, -0.2) is 36.7 Å². The van der Waals surface area contributed by atoms with E-state index >= 15 is 0 Å². The fourth-order valence-corrected chi connectivity index (χ4v) is 3.04. The van der Waals surface area contributed by atoms with E-state index in [0.29, 0.717) is 17.1 Å². The third kappa shape index (κ3) is 3.26. The second-order valence-corrected chi connectivity index (χ2v) is 5.51. The summed E-state index contributed by atoms with van der Waals surface area (Å²) < 4.78 is 19.7. The monoisotopic (exact) mass is 286 g/mol. The number of morpholine rings is 1. The van der Waals surface area contributed by atoms with Crippen molar-refractivity contribution in [3.63, 3.8) is 0 Å². The second kappa shape index (κ2) is 6.18. The Hall–Kier alpha value is -0.680. The molecule has 0 spiro atoms. The van der Waals surface area contributed by atoms with Crippen molar-refractivity contribution in [1.82, 2.24) is 4.90 Å². The van der Waals surface area contributed by atoms with Crippen LogP contribution in [-0.2, 0) is 4.74 Å². The molecule has 106 valence electrons. The van der Waals surface area contributed by atoms with Gasteiger partial charge in [-0.3, -0.25) is 4.90 Å². The lowest BCUT2D eigenvalue weighted by Crippen LogP contribution is -2.48. The molecule has 1 aromatic carbocycles. The molecule has 1 aliphatic rings. The highest BCUT2D eigenvalue weighted by Crippen LogP contribution is 2.31. The highest BCUT2D eigenvalue weighted by Gasteiger charge is 2.30. The standard InChI is InChI=1S/C14H20ClFN2O/c1-9-7-18(8-10(2)19-9)13(6-17)14-11(15)4-3-5-12(14)16/h3-5,9-10,13H,6-8,17H2,1-2H3. The van der Waals surface area contributed by atoms with Crippen LogP contribution >= 0.6 is 11.6 Å². The third-order valence-electron chi connectivity index (χ3n) is 3.44. The molecule has 0 bridgehead atoms. The van der Waals surface area contributed by atoms with E-state index in [0.717, 1.165) is 13.1 Å². The lowest BCUT2D eigenvalue weighted by Gasteiger charge is -2.40. The second-order valence-electron chi connectivity index (χ2n) is 5.10. The lowest BCUT2D eigenvalue weighted by atomic mass is 10.0. The van der Waals surface area contributed by atoms with Crippen LogP contribution in [0.4, 0.5) is 4.39 Å². The van der Waals surface area contributed by atoms with Gasteiger partial charge in [-0.15, -0.1) is 0 Å². The molecule has 0 aliphatic carbocycles. The first-order valence-corrected chi connectivity index (χ1v) is 6.94. The van der Waals surface area contributed by atoms with Crippen LogP contribution in [0.1, 0.15) is 25.5 Å². The Labute approximate surface area is 118 Å². The van der Waals surface area contributed by atoms with Gasteiger partial charge < -0.3 is 10.5 Å². The van der Waals surface area contributed by atoms with Crippen molar-refractivity contribution in [2.75, 3.05) is 19.6 Å². The predicted octanol–water partition coefficient (Wildman–Crippen LogP) is 2.59.